The number of amides is 1. The van der Waals surface area contributed by atoms with Crippen molar-refractivity contribution in [1.29, 1.82) is 0 Å². The van der Waals surface area contributed by atoms with Crippen molar-refractivity contribution in [2.24, 2.45) is 0 Å². The first-order valence-corrected chi connectivity index (χ1v) is 5.36. The van der Waals surface area contributed by atoms with E-state index in [4.69, 9.17) is 9.47 Å². The van der Waals surface area contributed by atoms with E-state index in [9.17, 15) is 4.79 Å². The first kappa shape index (κ1) is 11.9. The van der Waals surface area contributed by atoms with E-state index in [1.54, 1.807) is 6.07 Å². The molecular weight excluding hydrogens is 220 g/mol. The lowest BCUT2D eigenvalue weighted by atomic mass is 10.0. The molecule has 1 aromatic carbocycles. The summed E-state index contributed by atoms with van der Waals surface area (Å²) in [6.45, 7) is 1.82. The van der Waals surface area contributed by atoms with Crippen molar-refractivity contribution in [3.05, 3.63) is 29.8 Å². The third kappa shape index (κ3) is 1.99. The summed E-state index contributed by atoms with van der Waals surface area (Å²) in [5.41, 5.74) is 0.614. The topological polar surface area (TPSA) is 59.6 Å². The van der Waals surface area contributed by atoms with E-state index in [0.29, 0.717) is 5.56 Å². The monoisotopic (exact) mass is 236 g/mol. The number of carbonyl (C=O) groups is 1. The number of ether oxygens (including phenoxy) is 2. The van der Waals surface area contributed by atoms with Gasteiger partial charge >= 0.3 is 0 Å². The number of hydrogen-bond donors (Lipinski definition) is 2. The fourth-order valence-electron chi connectivity index (χ4n) is 2.09. The predicted molar refractivity (Wildman–Crippen MR) is 63.7 cm³/mol. The van der Waals surface area contributed by atoms with Crippen LogP contribution in [0.15, 0.2) is 24.3 Å². The molecular formula is C12H16N2O3. The van der Waals surface area contributed by atoms with Crippen LogP contribution in [0, 0.1) is 0 Å². The van der Waals surface area contributed by atoms with E-state index < -0.39 is 12.0 Å². The van der Waals surface area contributed by atoms with Crippen LogP contribution in [0.25, 0.3) is 0 Å². The quantitative estimate of drug-likeness (QED) is 0.774. The maximum atomic E-state index is 12.0. The second-order valence-electron chi connectivity index (χ2n) is 4.13. The Morgan fingerprint density at radius 3 is 2.47 bits per heavy atom. The van der Waals surface area contributed by atoms with Crippen LogP contribution in [-0.4, -0.2) is 32.1 Å². The van der Waals surface area contributed by atoms with E-state index in [-0.39, 0.29) is 5.91 Å². The van der Waals surface area contributed by atoms with Crippen molar-refractivity contribution in [3.63, 3.8) is 0 Å². The van der Waals surface area contributed by atoms with Crippen LogP contribution in [0.4, 0.5) is 5.69 Å². The van der Waals surface area contributed by atoms with Crippen LogP contribution in [0.1, 0.15) is 17.3 Å². The van der Waals surface area contributed by atoms with Crippen LogP contribution in [0.3, 0.4) is 0 Å². The molecule has 1 amide bonds. The number of methoxy groups -OCH3 is 2. The smallest absolute Gasteiger partial charge is 0.255 e. The Balaban J connectivity index is 2.36. The Hall–Kier alpha value is -1.59. The zero-order valence-electron chi connectivity index (χ0n) is 10.1. The van der Waals surface area contributed by atoms with Crippen LogP contribution in [0.5, 0.6) is 0 Å². The highest BCUT2D eigenvalue weighted by Gasteiger charge is 2.40. The maximum Gasteiger partial charge on any atom is 0.255 e. The van der Waals surface area contributed by atoms with Crippen LogP contribution < -0.4 is 10.6 Å². The third-order valence-electron chi connectivity index (χ3n) is 2.84. The Morgan fingerprint density at radius 1 is 1.18 bits per heavy atom. The molecule has 5 heteroatoms. The minimum absolute atomic E-state index is 0.138. The number of benzene rings is 1. The van der Waals surface area contributed by atoms with Crippen LogP contribution in [-0.2, 0) is 9.47 Å². The second kappa shape index (κ2) is 4.35. The number of hydrogen-bond acceptors (Lipinski definition) is 4. The molecule has 1 heterocycles. The fraction of sp³-hybridized carbons (Fsp3) is 0.417. The molecule has 0 radical (unpaired) electrons. The fourth-order valence-corrected chi connectivity index (χ4v) is 2.09. The zero-order valence-corrected chi connectivity index (χ0v) is 10.1. The summed E-state index contributed by atoms with van der Waals surface area (Å²) in [6.07, 6.45) is -0.570. The summed E-state index contributed by atoms with van der Waals surface area (Å²) in [7, 11) is 3.07. The van der Waals surface area contributed by atoms with Gasteiger partial charge in [0.15, 0.2) is 12.0 Å². The number of rotatable bonds is 3. The lowest BCUT2D eigenvalue weighted by molar-refractivity contribution is -0.142. The molecule has 0 spiro atoms. The lowest BCUT2D eigenvalue weighted by Gasteiger charge is -2.41. The SMILES string of the molecule is COC(OC)[C@@]1(C)NC(=O)c2ccccc2N1. The van der Waals surface area contributed by atoms with Gasteiger partial charge in [0.25, 0.3) is 5.91 Å². The number of nitrogens with one attached hydrogen (secondary N) is 2. The second-order valence-corrected chi connectivity index (χ2v) is 4.13. The van der Waals surface area contributed by atoms with Gasteiger partial charge in [-0.05, 0) is 19.1 Å². The summed E-state index contributed by atoms with van der Waals surface area (Å²) in [6, 6.07) is 7.33. The molecule has 0 saturated heterocycles. The molecule has 92 valence electrons. The van der Waals surface area contributed by atoms with E-state index in [1.165, 1.54) is 14.2 Å². The van der Waals surface area contributed by atoms with Gasteiger partial charge in [-0.25, -0.2) is 0 Å². The molecule has 0 saturated carbocycles. The zero-order chi connectivity index (χ0) is 12.5. The standard InChI is InChI=1S/C12H16N2O3/c1-12(11(16-2)17-3)13-9-7-5-4-6-8(9)10(15)14-12/h4-7,11,13H,1-3H3,(H,14,15)/t12-/m1/s1. The molecule has 0 unspecified atom stereocenters. The van der Waals surface area contributed by atoms with Gasteiger partial charge in [-0.3, -0.25) is 4.79 Å². The minimum atomic E-state index is -0.783. The van der Waals surface area contributed by atoms with Crippen molar-refractivity contribution in [1.82, 2.24) is 5.32 Å². The molecule has 0 bridgehead atoms. The Morgan fingerprint density at radius 2 is 1.82 bits per heavy atom. The van der Waals surface area contributed by atoms with Gasteiger partial charge in [0, 0.05) is 19.9 Å². The molecule has 2 N–H and O–H groups in total. The predicted octanol–water partition coefficient (Wildman–Crippen LogP) is 1.18. The van der Waals surface area contributed by atoms with Crippen molar-refractivity contribution in [2.45, 2.75) is 18.9 Å². The largest absolute Gasteiger partial charge is 0.358 e. The highest BCUT2D eigenvalue weighted by molar-refractivity contribution is 6.02. The molecule has 1 aliphatic rings. The number of carbonyl (C=O) groups excluding carboxylic acids is 1. The number of fused-ring (bicyclic) bond motifs is 1. The molecule has 1 aliphatic heterocycles. The number of para-hydroxylation sites is 1. The summed E-state index contributed by atoms with van der Waals surface area (Å²) in [4.78, 5) is 12.0. The number of anilines is 1. The average molecular weight is 236 g/mol. The molecule has 0 fully saturated rings. The van der Waals surface area contributed by atoms with E-state index in [2.05, 4.69) is 10.6 Å². The van der Waals surface area contributed by atoms with Gasteiger partial charge in [-0.2, -0.15) is 0 Å². The normalized spacial score (nSPS) is 22.9. The van der Waals surface area contributed by atoms with E-state index in [1.807, 2.05) is 25.1 Å². The summed E-state index contributed by atoms with van der Waals surface area (Å²) in [5, 5.41) is 6.07. The minimum Gasteiger partial charge on any atom is -0.358 e. The first-order valence-electron chi connectivity index (χ1n) is 5.36. The Kier molecular flexibility index (Phi) is 3.04. The molecule has 17 heavy (non-hydrogen) atoms. The van der Waals surface area contributed by atoms with Crippen LogP contribution >= 0.6 is 0 Å². The van der Waals surface area contributed by atoms with Crippen molar-refractivity contribution < 1.29 is 14.3 Å². The van der Waals surface area contributed by atoms with Gasteiger partial charge in [0.2, 0.25) is 0 Å². The van der Waals surface area contributed by atoms with Gasteiger partial charge < -0.3 is 20.1 Å². The lowest BCUT2D eigenvalue weighted by Crippen LogP contribution is -2.63. The average Bonchev–Trinajstić information content (AvgIpc) is 2.30. The van der Waals surface area contributed by atoms with E-state index >= 15 is 0 Å². The first-order chi connectivity index (χ1) is 8.10. The Labute approximate surface area is 100 Å². The van der Waals surface area contributed by atoms with Gasteiger partial charge in [0.1, 0.15) is 0 Å². The molecule has 1 atom stereocenters. The van der Waals surface area contributed by atoms with Crippen molar-refractivity contribution in [2.75, 3.05) is 19.5 Å². The van der Waals surface area contributed by atoms with Gasteiger partial charge in [0.05, 0.1) is 5.56 Å². The van der Waals surface area contributed by atoms with Gasteiger partial charge in [-0.1, -0.05) is 12.1 Å². The summed E-state index contributed by atoms with van der Waals surface area (Å²) >= 11 is 0. The molecule has 1 aromatic rings. The Bertz CT molecular complexity index is 432. The highest BCUT2D eigenvalue weighted by atomic mass is 16.7. The summed E-state index contributed by atoms with van der Waals surface area (Å²) < 4.78 is 10.4. The summed E-state index contributed by atoms with van der Waals surface area (Å²) in [5.74, 6) is -0.138. The molecule has 0 aliphatic carbocycles. The van der Waals surface area contributed by atoms with E-state index in [0.717, 1.165) is 5.69 Å². The third-order valence-corrected chi connectivity index (χ3v) is 2.84. The van der Waals surface area contributed by atoms with Crippen LogP contribution in [0.2, 0.25) is 0 Å². The molecule has 0 aromatic heterocycles. The highest BCUT2D eigenvalue weighted by Crippen LogP contribution is 2.27. The molecule has 2 rings (SSSR count). The maximum absolute atomic E-state index is 12.0. The van der Waals surface area contributed by atoms with Crippen molar-refractivity contribution in [3.8, 4) is 0 Å². The van der Waals surface area contributed by atoms with Gasteiger partial charge in [-0.15, -0.1) is 0 Å². The van der Waals surface area contributed by atoms with Crippen molar-refractivity contribution >= 4 is 11.6 Å². The molecule has 5 nitrogen and oxygen atoms in total.